The molecule has 0 aliphatic rings. The van der Waals surface area contributed by atoms with Crippen LogP contribution >= 0.6 is 0 Å². The Morgan fingerprint density at radius 1 is 1.19 bits per heavy atom. The predicted octanol–water partition coefficient (Wildman–Crippen LogP) is 2.11. The van der Waals surface area contributed by atoms with Crippen LogP contribution in [0.1, 0.15) is 21.7 Å². The molecule has 0 spiro atoms. The highest BCUT2D eigenvalue weighted by molar-refractivity contribution is 5.94. The van der Waals surface area contributed by atoms with Gasteiger partial charge in [0.2, 0.25) is 0 Å². The van der Waals surface area contributed by atoms with Crippen molar-refractivity contribution in [2.24, 2.45) is 0 Å². The Bertz CT molecular complexity index is 795. The van der Waals surface area contributed by atoms with Gasteiger partial charge in [-0.05, 0) is 36.8 Å². The molecule has 3 rings (SSSR count). The molecule has 5 nitrogen and oxygen atoms in total. The predicted molar refractivity (Wildman–Crippen MR) is 75.3 cm³/mol. The van der Waals surface area contributed by atoms with Gasteiger partial charge in [0.15, 0.2) is 5.65 Å². The summed E-state index contributed by atoms with van der Waals surface area (Å²) < 4.78 is 14.6. The van der Waals surface area contributed by atoms with E-state index in [4.69, 9.17) is 0 Å². The molecule has 0 aliphatic heterocycles. The number of carbonyl (C=O) groups excluding carboxylic acids is 1. The molecule has 1 amide bonds. The number of fused-ring (bicyclic) bond motifs is 1. The fourth-order valence-electron chi connectivity index (χ4n) is 2.03. The molecular weight excluding hydrogens is 271 g/mol. The third-order valence-corrected chi connectivity index (χ3v) is 3.20. The number of aromatic nitrogens is 3. The van der Waals surface area contributed by atoms with Crippen molar-refractivity contribution >= 4 is 11.6 Å². The Morgan fingerprint density at radius 2 is 1.95 bits per heavy atom. The molecule has 2 heterocycles. The Kier molecular flexibility index (Phi) is 3.35. The summed E-state index contributed by atoms with van der Waals surface area (Å²) in [5, 5.41) is 10.7. The second kappa shape index (κ2) is 5.32. The van der Waals surface area contributed by atoms with Gasteiger partial charge in [0, 0.05) is 12.7 Å². The van der Waals surface area contributed by atoms with Crippen LogP contribution in [0, 0.1) is 12.7 Å². The molecule has 2 aromatic heterocycles. The third kappa shape index (κ3) is 2.74. The highest BCUT2D eigenvalue weighted by Crippen LogP contribution is 2.07. The Hall–Kier alpha value is -2.76. The second-order valence-corrected chi connectivity index (χ2v) is 4.70. The number of amides is 1. The first-order valence-corrected chi connectivity index (χ1v) is 6.47. The van der Waals surface area contributed by atoms with E-state index >= 15 is 0 Å². The first-order valence-electron chi connectivity index (χ1n) is 6.47. The van der Waals surface area contributed by atoms with Gasteiger partial charge in [-0.1, -0.05) is 12.1 Å². The standard InChI is InChI=1S/C15H13FN4O/c1-10-18-19-14-7-4-12(9-20(10)14)15(21)17-8-11-2-5-13(16)6-3-11/h2-7,9H,8H2,1H3,(H,17,21). The lowest BCUT2D eigenvalue weighted by molar-refractivity contribution is 0.0950. The molecule has 0 saturated heterocycles. The Morgan fingerprint density at radius 3 is 2.71 bits per heavy atom. The van der Waals surface area contributed by atoms with Crippen molar-refractivity contribution in [2.45, 2.75) is 13.5 Å². The summed E-state index contributed by atoms with van der Waals surface area (Å²) in [5.74, 6) is 0.228. The maximum Gasteiger partial charge on any atom is 0.253 e. The van der Waals surface area contributed by atoms with Crippen LogP contribution in [0.5, 0.6) is 0 Å². The maximum absolute atomic E-state index is 12.8. The average molecular weight is 284 g/mol. The molecule has 6 heteroatoms. The molecule has 0 atom stereocenters. The number of pyridine rings is 1. The van der Waals surface area contributed by atoms with Crippen LogP contribution in [0.4, 0.5) is 4.39 Å². The number of hydrogen-bond acceptors (Lipinski definition) is 3. The molecule has 1 N–H and O–H groups in total. The summed E-state index contributed by atoms with van der Waals surface area (Å²) in [6.07, 6.45) is 1.70. The van der Waals surface area contributed by atoms with E-state index in [0.29, 0.717) is 17.8 Å². The lowest BCUT2D eigenvalue weighted by Gasteiger charge is -2.06. The summed E-state index contributed by atoms with van der Waals surface area (Å²) in [4.78, 5) is 12.1. The molecule has 0 unspecified atom stereocenters. The lowest BCUT2D eigenvalue weighted by Crippen LogP contribution is -2.23. The van der Waals surface area contributed by atoms with Crippen LogP contribution in [-0.4, -0.2) is 20.5 Å². The Balaban J connectivity index is 1.74. The minimum absolute atomic E-state index is 0.200. The van der Waals surface area contributed by atoms with Gasteiger partial charge in [-0.25, -0.2) is 4.39 Å². The molecule has 21 heavy (non-hydrogen) atoms. The van der Waals surface area contributed by atoms with Crippen molar-refractivity contribution in [3.8, 4) is 0 Å². The fraction of sp³-hybridized carbons (Fsp3) is 0.133. The summed E-state index contributed by atoms with van der Waals surface area (Å²) >= 11 is 0. The van der Waals surface area contributed by atoms with E-state index in [1.807, 2.05) is 6.92 Å². The highest BCUT2D eigenvalue weighted by atomic mass is 19.1. The van der Waals surface area contributed by atoms with Crippen LogP contribution in [0.3, 0.4) is 0 Å². The largest absolute Gasteiger partial charge is 0.348 e. The fourth-order valence-corrected chi connectivity index (χ4v) is 2.03. The lowest BCUT2D eigenvalue weighted by atomic mass is 10.2. The van der Waals surface area contributed by atoms with Crippen LogP contribution in [0.25, 0.3) is 5.65 Å². The third-order valence-electron chi connectivity index (χ3n) is 3.20. The summed E-state index contributed by atoms with van der Waals surface area (Å²) in [6, 6.07) is 9.46. The van der Waals surface area contributed by atoms with E-state index in [1.54, 1.807) is 34.9 Å². The first kappa shape index (κ1) is 13.2. The number of aryl methyl sites for hydroxylation is 1. The van der Waals surface area contributed by atoms with Crippen molar-refractivity contribution < 1.29 is 9.18 Å². The number of nitrogens with one attached hydrogen (secondary N) is 1. The van der Waals surface area contributed by atoms with Gasteiger partial charge in [-0.15, -0.1) is 10.2 Å². The summed E-state index contributed by atoms with van der Waals surface area (Å²) in [7, 11) is 0. The van der Waals surface area contributed by atoms with Crippen LogP contribution in [0.15, 0.2) is 42.6 Å². The van der Waals surface area contributed by atoms with Crippen molar-refractivity contribution in [2.75, 3.05) is 0 Å². The normalized spacial score (nSPS) is 10.8. The van der Waals surface area contributed by atoms with Crippen molar-refractivity contribution in [1.29, 1.82) is 0 Å². The molecule has 0 aliphatic carbocycles. The molecule has 106 valence electrons. The van der Waals surface area contributed by atoms with Crippen molar-refractivity contribution in [3.05, 3.63) is 65.4 Å². The van der Waals surface area contributed by atoms with Gasteiger partial charge >= 0.3 is 0 Å². The number of nitrogens with zero attached hydrogens (tertiary/aromatic N) is 3. The van der Waals surface area contributed by atoms with Gasteiger partial charge in [0.05, 0.1) is 5.56 Å². The summed E-state index contributed by atoms with van der Waals surface area (Å²) in [5.41, 5.74) is 2.06. The molecule has 3 aromatic rings. The van der Waals surface area contributed by atoms with E-state index < -0.39 is 0 Å². The molecule has 0 saturated carbocycles. The maximum atomic E-state index is 12.8. The topological polar surface area (TPSA) is 59.3 Å². The number of halogens is 1. The van der Waals surface area contributed by atoms with Gasteiger partial charge in [-0.3, -0.25) is 9.20 Å². The zero-order chi connectivity index (χ0) is 14.8. The van der Waals surface area contributed by atoms with Gasteiger partial charge in [0.25, 0.3) is 5.91 Å². The number of benzene rings is 1. The molecule has 0 fully saturated rings. The average Bonchev–Trinajstić information content (AvgIpc) is 2.87. The smallest absolute Gasteiger partial charge is 0.253 e. The second-order valence-electron chi connectivity index (χ2n) is 4.70. The van der Waals surface area contributed by atoms with Crippen molar-refractivity contribution in [1.82, 2.24) is 19.9 Å². The SMILES string of the molecule is Cc1nnc2ccc(C(=O)NCc3ccc(F)cc3)cn12. The van der Waals surface area contributed by atoms with E-state index in [9.17, 15) is 9.18 Å². The molecule has 0 bridgehead atoms. The van der Waals surface area contributed by atoms with E-state index in [-0.39, 0.29) is 11.7 Å². The molecule has 0 radical (unpaired) electrons. The highest BCUT2D eigenvalue weighted by Gasteiger charge is 2.08. The van der Waals surface area contributed by atoms with Gasteiger partial charge < -0.3 is 5.32 Å². The van der Waals surface area contributed by atoms with E-state index in [1.165, 1.54) is 12.1 Å². The van der Waals surface area contributed by atoms with Crippen LogP contribution in [-0.2, 0) is 6.54 Å². The molecule has 1 aromatic carbocycles. The van der Waals surface area contributed by atoms with Crippen LogP contribution < -0.4 is 5.32 Å². The van der Waals surface area contributed by atoms with Crippen LogP contribution in [0.2, 0.25) is 0 Å². The first-order chi connectivity index (χ1) is 10.1. The van der Waals surface area contributed by atoms with E-state index in [2.05, 4.69) is 15.5 Å². The summed E-state index contributed by atoms with van der Waals surface area (Å²) in [6.45, 7) is 2.17. The zero-order valence-electron chi connectivity index (χ0n) is 11.4. The van der Waals surface area contributed by atoms with E-state index in [0.717, 1.165) is 11.4 Å². The van der Waals surface area contributed by atoms with Gasteiger partial charge in [-0.2, -0.15) is 0 Å². The number of carbonyl (C=O) groups is 1. The quantitative estimate of drug-likeness (QED) is 0.801. The Labute approximate surface area is 120 Å². The minimum atomic E-state index is -0.293. The van der Waals surface area contributed by atoms with Gasteiger partial charge in [0.1, 0.15) is 11.6 Å². The number of hydrogen-bond donors (Lipinski definition) is 1. The molecular formula is C15H13FN4O. The minimum Gasteiger partial charge on any atom is -0.348 e. The number of rotatable bonds is 3. The monoisotopic (exact) mass is 284 g/mol. The zero-order valence-corrected chi connectivity index (χ0v) is 11.4. The van der Waals surface area contributed by atoms with Crippen molar-refractivity contribution in [3.63, 3.8) is 0 Å².